The van der Waals surface area contributed by atoms with Crippen molar-refractivity contribution in [3.63, 3.8) is 0 Å². The zero-order valence-corrected chi connectivity index (χ0v) is 11.3. The van der Waals surface area contributed by atoms with E-state index in [-0.39, 0.29) is 11.3 Å². The van der Waals surface area contributed by atoms with Crippen molar-refractivity contribution in [3.8, 4) is 0 Å². The number of hydrogen-bond donors (Lipinski definition) is 1. The van der Waals surface area contributed by atoms with Crippen LogP contribution in [0.25, 0.3) is 0 Å². The molecule has 0 spiro atoms. The van der Waals surface area contributed by atoms with Crippen molar-refractivity contribution in [1.29, 1.82) is 0 Å². The summed E-state index contributed by atoms with van der Waals surface area (Å²) in [6.45, 7) is 3.65. The van der Waals surface area contributed by atoms with Gasteiger partial charge in [0.05, 0.1) is 11.0 Å². The lowest BCUT2D eigenvalue weighted by Crippen LogP contribution is -2.30. The van der Waals surface area contributed by atoms with Gasteiger partial charge in [0.15, 0.2) is 0 Å². The Bertz CT molecular complexity index is 486. The summed E-state index contributed by atoms with van der Waals surface area (Å²) >= 11 is 0. The van der Waals surface area contributed by atoms with Crippen molar-refractivity contribution in [2.24, 2.45) is 0 Å². The Kier molecular flexibility index (Phi) is 5.00. The summed E-state index contributed by atoms with van der Waals surface area (Å²) in [4.78, 5) is 24.0. The molecule has 1 amide bonds. The molecule has 0 fully saturated rings. The first kappa shape index (κ1) is 15.1. The fraction of sp³-hybridized carbons (Fsp3) is 0.462. The summed E-state index contributed by atoms with van der Waals surface area (Å²) in [5, 5.41) is 20.2. The first-order valence-corrected chi connectivity index (χ1v) is 6.02. The second-order valence-electron chi connectivity index (χ2n) is 4.59. The van der Waals surface area contributed by atoms with E-state index in [2.05, 4.69) is 0 Å². The summed E-state index contributed by atoms with van der Waals surface area (Å²) in [6, 6.07) is 4.55. The molecule has 19 heavy (non-hydrogen) atoms. The van der Waals surface area contributed by atoms with Gasteiger partial charge in [-0.1, -0.05) is 12.1 Å². The van der Waals surface area contributed by atoms with E-state index < -0.39 is 16.9 Å². The SMILES string of the molecule is Cc1cccc([N+](=O)[O-])c1C(=O)N(C)CCC(C)O. The minimum absolute atomic E-state index is 0.112. The Balaban J connectivity index is 3.02. The quantitative estimate of drug-likeness (QED) is 0.650. The first-order chi connectivity index (χ1) is 8.84. The lowest BCUT2D eigenvalue weighted by Gasteiger charge is -2.19. The van der Waals surface area contributed by atoms with Crippen LogP contribution in [0.3, 0.4) is 0 Å². The van der Waals surface area contributed by atoms with E-state index in [9.17, 15) is 20.0 Å². The van der Waals surface area contributed by atoms with Gasteiger partial charge in [0, 0.05) is 19.7 Å². The average Bonchev–Trinajstić information content (AvgIpc) is 2.34. The largest absolute Gasteiger partial charge is 0.393 e. The molecule has 0 saturated carbocycles. The normalized spacial score (nSPS) is 12.0. The molecule has 0 radical (unpaired) electrons. The van der Waals surface area contributed by atoms with Gasteiger partial charge in [-0.3, -0.25) is 14.9 Å². The maximum absolute atomic E-state index is 12.2. The van der Waals surface area contributed by atoms with E-state index in [0.29, 0.717) is 18.5 Å². The number of amides is 1. The van der Waals surface area contributed by atoms with Crippen molar-refractivity contribution in [2.75, 3.05) is 13.6 Å². The maximum Gasteiger partial charge on any atom is 0.282 e. The molecule has 1 atom stereocenters. The summed E-state index contributed by atoms with van der Waals surface area (Å²) in [7, 11) is 1.57. The van der Waals surface area contributed by atoms with Gasteiger partial charge in [0.25, 0.3) is 11.6 Å². The Hall–Kier alpha value is -1.95. The predicted octanol–water partition coefficient (Wildman–Crippen LogP) is 1.75. The molecule has 0 aliphatic carbocycles. The Labute approximate surface area is 111 Å². The van der Waals surface area contributed by atoms with Crippen LogP contribution in [-0.2, 0) is 0 Å². The summed E-state index contributed by atoms with van der Waals surface area (Å²) in [5.74, 6) is -0.398. The zero-order valence-electron chi connectivity index (χ0n) is 11.3. The number of rotatable bonds is 5. The fourth-order valence-corrected chi connectivity index (χ4v) is 1.76. The molecule has 104 valence electrons. The molecule has 0 aliphatic heterocycles. The van der Waals surface area contributed by atoms with Gasteiger partial charge >= 0.3 is 0 Å². The van der Waals surface area contributed by atoms with Crippen molar-refractivity contribution < 1.29 is 14.8 Å². The maximum atomic E-state index is 12.2. The number of hydrogen-bond acceptors (Lipinski definition) is 4. The highest BCUT2D eigenvalue weighted by Gasteiger charge is 2.24. The fourth-order valence-electron chi connectivity index (χ4n) is 1.76. The van der Waals surface area contributed by atoms with Crippen LogP contribution in [0.1, 0.15) is 29.3 Å². The minimum Gasteiger partial charge on any atom is -0.393 e. The number of nitro groups is 1. The highest BCUT2D eigenvalue weighted by atomic mass is 16.6. The van der Waals surface area contributed by atoms with E-state index in [1.165, 1.54) is 11.0 Å². The Morgan fingerprint density at radius 1 is 1.53 bits per heavy atom. The molecule has 1 aromatic carbocycles. The smallest absolute Gasteiger partial charge is 0.282 e. The van der Waals surface area contributed by atoms with Crippen LogP contribution in [0.2, 0.25) is 0 Å². The molecule has 0 heterocycles. The molecule has 6 nitrogen and oxygen atoms in total. The number of nitro benzene ring substituents is 1. The van der Waals surface area contributed by atoms with Crippen molar-refractivity contribution in [3.05, 3.63) is 39.4 Å². The van der Waals surface area contributed by atoms with E-state index in [1.54, 1.807) is 33.0 Å². The molecule has 0 aliphatic rings. The van der Waals surface area contributed by atoms with Gasteiger partial charge in [0.2, 0.25) is 0 Å². The van der Waals surface area contributed by atoms with Crippen molar-refractivity contribution in [2.45, 2.75) is 26.4 Å². The van der Waals surface area contributed by atoms with Crippen LogP contribution in [0, 0.1) is 17.0 Å². The monoisotopic (exact) mass is 266 g/mol. The Morgan fingerprint density at radius 3 is 2.68 bits per heavy atom. The molecule has 6 heteroatoms. The lowest BCUT2D eigenvalue weighted by molar-refractivity contribution is -0.385. The van der Waals surface area contributed by atoms with E-state index in [4.69, 9.17) is 0 Å². The highest BCUT2D eigenvalue weighted by Crippen LogP contribution is 2.23. The number of benzene rings is 1. The number of nitrogens with zero attached hydrogens (tertiary/aromatic N) is 2. The lowest BCUT2D eigenvalue weighted by atomic mass is 10.1. The third-order valence-electron chi connectivity index (χ3n) is 2.89. The molecule has 0 aromatic heterocycles. The predicted molar refractivity (Wildman–Crippen MR) is 71.1 cm³/mol. The number of aliphatic hydroxyl groups is 1. The molecule has 1 N–H and O–H groups in total. The second-order valence-corrected chi connectivity index (χ2v) is 4.59. The topological polar surface area (TPSA) is 83.7 Å². The standard InChI is InChI=1S/C13H18N2O4/c1-9-5-4-6-11(15(18)19)12(9)13(17)14(3)8-7-10(2)16/h4-6,10,16H,7-8H2,1-3H3. The number of aliphatic hydroxyl groups excluding tert-OH is 1. The second kappa shape index (κ2) is 6.29. The molecule has 1 rings (SSSR count). The van der Waals surface area contributed by atoms with Gasteiger partial charge in [-0.25, -0.2) is 0 Å². The van der Waals surface area contributed by atoms with Crippen LogP contribution in [-0.4, -0.2) is 40.5 Å². The van der Waals surface area contributed by atoms with E-state index in [0.717, 1.165) is 0 Å². The van der Waals surface area contributed by atoms with Gasteiger partial charge in [-0.05, 0) is 25.8 Å². The Morgan fingerprint density at radius 2 is 2.16 bits per heavy atom. The zero-order chi connectivity index (χ0) is 14.6. The van der Waals surface area contributed by atoms with Crippen LogP contribution in [0.15, 0.2) is 18.2 Å². The molecule has 1 aromatic rings. The third kappa shape index (κ3) is 3.75. The molecular weight excluding hydrogens is 248 g/mol. The first-order valence-electron chi connectivity index (χ1n) is 6.02. The summed E-state index contributed by atoms with van der Waals surface area (Å²) in [5.41, 5.74) is 0.498. The van der Waals surface area contributed by atoms with Crippen LogP contribution < -0.4 is 0 Å². The number of aryl methyl sites for hydroxylation is 1. The van der Waals surface area contributed by atoms with Gasteiger partial charge in [-0.2, -0.15) is 0 Å². The van der Waals surface area contributed by atoms with Crippen LogP contribution in [0.4, 0.5) is 5.69 Å². The minimum atomic E-state index is -0.553. The van der Waals surface area contributed by atoms with Crippen LogP contribution >= 0.6 is 0 Å². The molecule has 0 saturated heterocycles. The molecular formula is C13H18N2O4. The third-order valence-corrected chi connectivity index (χ3v) is 2.89. The molecule has 0 bridgehead atoms. The van der Waals surface area contributed by atoms with Gasteiger partial charge in [-0.15, -0.1) is 0 Å². The highest BCUT2D eigenvalue weighted by molar-refractivity contribution is 5.99. The van der Waals surface area contributed by atoms with E-state index in [1.807, 2.05) is 0 Å². The summed E-state index contributed by atoms with van der Waals surface area (Å²) in [6.07, 6.45) is -0.0795. The van der Waals surface area contributed by atoms with Crippen LogP contribution in [0.5, 0.6) is 0 Å². The molecule has 1 unspecified atom stereocenters. The average molecular weight is 266 g/mol. The van der Waals surface area contributed by atoms with E-state index >= 15 is 0 Å². The van der Waals surface area contributed by atoms with Crippen molar-refractivity contribution >= 4 is 11.6 Å². The van der Waals surface area contributed by atoms with Crippen molar-refractivity contribution in [1.82, 2.24) is 4.90 Å². The van der Waals surface area contributed by atoms with Gasteiger partial charge < -0.3 is 10.0 Å². The number of carbonyl (C=O) groups is 1. The number of carbonyl (C=O) groups excluding carboxylic acids is 1. The van der Waals surface area contributed by atoms with Gasteiger partial charge in [0.1, 0.15) is 5.56 Å². The summed E-state index contributed by atoms with van der Waals surface area (Å²) < 4.78 is 0.